The number of anilines is 2. The molecule has 6 nitrogen and oxygen atoms in total. The van der Waals surface area contributed by atoms with Crippen molar-refractivity contribution in [2.45, 2.75) is 12.3 Å². The smallest absolute Gasteiger partial charge is 0.231 e. The van der Waals surface area contributed by atoms with Crippen molar-refractivity contribution in [3.8, 4) is 11.5 Å². The molecule has 6 heteroatoms. The largest absolute Gasteiger partial charge is 0.457 e. The second kappa shape index (κ2) is 11.8. The number of carbonyl (C=O) groups is 1. The van der Waals surface area contributed by atoms with Gasteiger partial charge in [0.2, 0.25) is 5.91 Å². The fraction of sp³-hybridized carbons (Fsp3) is 0.133. The predicted octanol–water partition coefficient (Wildman–Crippen LogP) is 5.60. The van der Waals surface area contributed by atoms with Crippen LogP contribution >= 0.6 is 0 Å². The molecule has 0 heterocycles. The number of benzene rings is 4. The molecule has 0 spiro atoms. The number of ether oxygens (including phenoxy) is 1. The maximum atomic E-state index is 13.2. The summed E-state index contributed by atoms with van der Waals surface area (Å²) < 4.78 is 5.90. The van der Waals surface area contributed by atoms with E-state index in [1.54, 1.807) is 19.2 Å². The van der Waals surface area contributed by atoms with Gasteiger partial charge in [-0.15, -0.1) is 0 Å². The Balaban J connectivity index is 1.55. The second-order valence-corrected chi connectivity index (χ2v) is 8.34. The van der Waals surface area contributed by atoms with E-state index in [2.05, 4.69) is 10.3 Å². The van der Waals surface area contributed by atoms with Crippen molar-refractivity contribution >= 4 is 23.0 Å². The molecular formula is C30H30N4O2. The van der Waals surface area contributed by atoms with Crippen LogP contribution in [0.1, 0.15) is 29.0 Å². The Hall–Kier alpha value is -4.42. The zero-order valence-corrected chi connectivity index (χ0v) is 20.2. The first-order chi connectivity index (χ1) is 17.6. The Labute approximate surface area is 211 Å². The van der Waals surface area contributed by atoms with Gasteiger partial charge in [-0.3, -0.25) is 9.79 Å². The highest BCUT2D eigenvalue weighted by atomic mass is 16.5. The van der Waals surface area contributed by atoms with Gasteiger partial charge in [-0.25, -0.2) is 0 Å². The van der Waals surface area contributed by atoms with Crippen LogP contribution in [0.4, 0.5) is 11.4 Å². The minimum Gasteiger partial charge on any atom is -0.457 e. The van der Waals surface area contributed by atoms with E-state index >= 15 is 0 Å². The molecule has 182 valence electrons. The van der Waals surface area contributed by atoms with E-state index in [1.807, 2.05) is 91.0 Å². The van der Waals surface area contributed by atoms with Crippen LogP contribution in [-0.4, -0.2) is 25.2 Å². The van der Waals surface area contributed by atoms with Crippen molar-refractivity contribution in [1.29, 1.82) is 0 Å². The Kier molecular flexibility index (Phi) is 8.11. The normalized spacial score (nSPS) is 12.1. The highest BCUT2D eigenvalue weighted by Gasteiger charge is 2.20. The van der Waals surface area contributed by atoms with Gasteiger partial charge in [0.25, 0.3) is 0 Å². The number of amides is 1. The average molecular weight is 479 g/mol. The SMILES string of the molecule is C/N=C(/c1ccc(Oc2ccccc2)cc1)c1cc(NC(=O)C(CCN)c2ccccc2)ccc1N. The third kappa shape index (κ3) is 5.98. The lowest BCUT2D eigenvalue weighted by atomic mass is 9.94. The minimum absolute atomic E-state index is 0.111. The molecule has 0 bridgehead atoms. The molecule has 1 unspecified atom stereocenters. The standard InChI is InChI=1S/C30H30N4O2/c1-33-29(22-12-15-25(16-13-22)36-24-10-6-3-7-11-24)27-20-23(14-17-28(27)32)34-30(35)26(18-19-31)21-8-4-2-5-9-21/h2-17,20,26H,18-19,31-32H2,1H3,(H,34,35)/b33-29-. The van der Waals surface area contributed by atoms with Crippen LogP contribution in [0.3, 0.4) is 0 Å². The molecule has 0 aliphatic carbocycles. The summed E-state index contributed by atoms with van der Waals surface area (Å²) in [6.07, 6.45) is 0.552. The number of nitrogen functional groups attached to an aromatic ring is 1. The highest BCUT2D eigenvalue weighted by molar-refractivity contribution is 6.16. The molecule has 0 fully saturated rings. The molecule has 4 aromatic carbocycles. The number of nitrogens with zero attached hydrogens (tertiary/aromatic N) is 1. The van der Waals surface area contributed by atoms with Crippen LogP contribution in [0, 0.1) is 0 Å². The van der Waals surface area contributed by atoms with Crippen molar-refractivity contribution in [2.24, 2.45) is 10.7 Å². The monoisotopic (exact) mass is 478 g/mol. The van der Waals surface area contributed by atoms with Crippen molar-refractivity contribution in [3.63, 3.8) is 0 Å². The number of nitrogens with one attached hydrogen (secondary N) is 1. The van der Waals surface area contributed by atoms with Crippen LogP contribution < -0.4 is 21.5 Å². The van der Waals surface area contributed by atoms with Gasteiger partial charge in [0.1, 0.15) is 11.5 Å². The molecule has 1 amide bonds. The fourth-order valence-corrected chi connectivity index (χ4v) is 4.08. The lowest BCUT2D eigenvalue weighted by Gasteiger charge is -2.18. The van der Waals surface area contributed by atoms with Crippen molar-refractivity contribution in [2.75, 3.05) is 24.6 Å². The summed E-state index contributed by atoms with van der Waals surface area (Å²) in [7, 11) is 1.72. The number of para-hydroxylation sites is 1. The minimum atomic E-state index is -0.339. The zero-order chi connectivity index (χ0) is 25.3. The van der Waals surface area contributed by atoms with Crippen LogP contribution in [0.2, 0.25) is 0 Å². The fourth-order valence-electron chi connectivity index (χ4n) is 4.08. The van der Waals surface area contributed by atoms with Crippen LogP contribution in [0.5, 0.6) is 11.5 Å². The van der Waals surface area contributed by atoms with E-state index in [-0.39, 0.29) is 11.8 Å². The first-order valence-corrected chi connectivity index (χ1v) is 11.8. The van der Waals surface area contributed by atoms with Crippen LogP contribution in [-0.2, 0) is 4.79 Å². The number of carbonyl (C=O) groups excluding carboxylic acids is 1. The van der Waals surface area contributed by atoms with E-state index in [4.69, 9.17) is 16.2 Å². The summed E-state index contributed by atoms with van der Waals surface area (Å²) in [6.45, 7) is 0.413. The van der Waals surface area contributed by atoms with Gasteiger partial charge < -0.3 is 21.5 Å². The maximum absolute atomic E-state index is 13.2. The number of rotatable bonds is 9. The summed E-state index contributed by atoms with van der Waals surface area (Å²) in [5, 5.41) is 3.03. The lowest BCUT2D eigenvalue weighted by molar-refractivity contribution is -0.117. The summed E-state index contributed by atoms with van der Waals surface area (Å²) in [5.74, 6) is 1.04. The van der Waals surface area contributed by atoms with Gasteiger partial charge in [-0.2, -0.15) is 0 Å². The Morgan fingerprint density at radius 3 is 2.17 bits per heavy atom. The van der Waals surface area contributed by atoms with Gasteiger partial charge in [0.05, 0.1) is 11.6 Å². The summed E-state index contributed by atoms with van der Waals surface area (Å²) in [5.41, 5.74) is 16.6. The third-order valence-electron chi connectivity index (χ3n) is 5.88. The lowest BCUT2D eigenvalue weighted by Crippen LogP contribution is -2.23. The number of hydrogen-bond acceptors (Lipinski definition) is 5. The Bertz CT molecular complexity index is 1320. The van der Waals surface area contributed by atoms with E-state index in [9.17, 15) is 4.79 Å². The topological polar surface area (TPSA) is 103 Å². The average Bonchev–Trinajstić information content (AvgIpc) is 2.91. The summed E-state index contributed by atoms with van der Waals surface area (Å²) in [4.78, 5) is 17.7. The molecule has 0 aliphatic heterocycles. The second-order valence-electron chi connectivity index (χ2n) is 8.34. The molecular weight excluding hydrogens is 448 g/mol. The zero-order valence-electron chi connectivity index (χ0n) is 20.2. The van der Waals surface area contributed by atoms with E-state index in [1.165, 1.54) is 0 Å². The van der Waals surface area contributed by atoms with Gasteiger partial charge in [-0.05, 0) is 73.1 Å². The molecule has 1 atom stereocenters. The molecule has 0 saturated carbocycles. The van der Waals surface area contributed by atoms with Gasteiger partial charge in [0, 0.05) is 29.5 Å². The molecule has 0 aromatic heterocycles. The molecule has 0 saturated heterocycles. The predicted molar refractivity (Wildman–Crippen MR) is 147 cm³/mol. The molecule has 0 radical (unpaired) electrons. The molecule has 4 rings (SSSR count). The van der Waals surface area contributed by atoms with E-state index < -0.39 is 0 Å². The van der Waals surface area contributed by atoms with Crippen molar-refractivity contribution in [3.05, 3.63) is 120 Å². The van der Waals surface area contributed by atoms with Crippen LogP contribution in [0.25, 0.3) is 0 Å². The van der Waals surface area contributed by atoms with Gasteiger partial charge in [-0.1, -0.05) is 48.5 Å². The number of hydrogen-bond donors (Lipinski definition) is 3. The summed E-state index contributed by atoms with van der Waals surface area (Å²) >= 11 is 0. The Morgan fingerprint density at radius 2 is 1.53 bits per heavy atom. The number of nitrogens with two attached hydrogens (primary N) is 2. The Morgan fingerprint density at radius 1 is 0.889 bits per heavy atom. The maximum Gasteiger partial charge on any atom is 0.231 e. The van der Waals surface area contributed by atoms with E-state index in [0.29, 0.717) is 24.3 Å². The highest BCUT2D eigenvalue weighted by Crippen LogP contribution is 2.27. The summed E-state index contributed by atoms with van der Waals surface area (Å²) in [6, 6.07) is 32.4. The number of aliphatic imine (C=N–C) groups is 1. The van der Waals surface area contributed by atoms with E-state index in [0.717, 1.165) is 33.9 Å². The molecule has 0 aliphatic rings. The third-order valence-corrected chi connectivity index (χ3v) is 5.88. The van der Waals surface area contributed by atoms with Gasteiger partial charge >= 0.3 is 0 Å². The first kappa shape index (κ1) is 24.7. The molecule has 4 aromatic rings. The molecule has 36 heavy (non-hydrogen) atoms. The van der Waals surface area contributed by atoms with Crippen molar-refractivity contribution < 1.29 is 9.53 Å². The van der Waals surface area contributed by atoms with Crippen molar-refractivity contribution in [1.82, 2.24) is 0 Å². The quantitative estimate of drug-likeness (QED) is 0.215. The van der Waals surface area contributed by atoms with Gasteiger partial charge in [0.15, 0.2) is 0 Å². The molecule has 5 N–H and O–H groups in total. The first-order valence-electron chi connectivity index (χ1n) is 11.8. The van der Waals surface area contributed by atoms with Crippen LogP contribution in [0.15, 0.2) is 108 Å².